The maximum Gasteiger partial charge on any atom is 0.306 e. The summed E-state index contributed by atoms with van der Waals surface area (Å²) < 4.78 is 17.2. The third-order valence-electron chi connectivity index (χ3n) is 10.2. The molecule has 2 unspecified atom stereocenters. The molecule has 0 amide bonds. The number of ether oxygens (including phenoxy) is 3. The molecule has 8 heteroatoms. The van der Waals surface area contributed by atoms with Crippen molar-refractivity contribution in [2.24, 2.45) is 0 Å². The Morgan fingerprint density at radius 3 is 1.54 bits per heavy atom. The quantitative estimate of drug-likeness (QED) is 0.0199. The summed E-state index contributed by atoms with van der Waals surface area (Å²) in [5.41, 5.74) is 0. The molecule has 0 aromatic rings. The number of rotatable bonds is 41. The molecule has 0 N–H and O–H groups in total. The summed E-state index contributed by atoms with van der Waals surface area (Å²) in [5, 5.41) is 11.6. The number of likely N-dealkylation sites (N-methyl/N-ethyl adjacent to an activating group) is 1. The van der Waals surface area contributed by atoms with E-state index in [9.17, 15) is 19.5 Å². The summed E-state index contributed by atoms with van der Waals surface area (Å²) >= 11 is 0. The molecule has 0 heterocycles. The number of aliphatic carboxylic acids is 1. The fourth-order valence-corrected chi connectivity index (χ4v) is 6.63. The first-order valence-electron chi connectivity index (χ1n) is 23.2. The molecule has 0 spiro atoms. The molecule has 8 nitrogen and oxygen atoms in total. The second-order valence-electron chi connectivity index (χ2n) is 16.6. The van der Waals surface area contributed by atoms with Crippen LogP contribution in [-0.2, 0) is 28.6 Å². The van der Waals surface area contributed by atoms with Crippen molar-refractivity contribution in [2.45, 2.75) is 206 Å². The van der Waals surface area contributed by atoms with Gasteiger partial charge in [0.1, 0.15) is 12.6 Å². The van der Waals surface area contributed by atoms with Gasteiger partial charge in [-0.3, -0.25) is 9.59 Å². The van der Waals surface area contributed by atoms with E-state index in [2.05, 4.69) is 62.5 Å². The lowest BCUT2D eigenvalue weighted by atomic mass is 10.1. The third kappa shape index (κ3) is 38.6. The number of hydrogen-bond donors (Lipinski definition) is 0. The first-order valence-corrected chi connectivity index (χ1v) is 23.2. The van der Waals surface area contributed by atoms with E-state index in [1.54, 1.807) is 21.1 Å². The van der Waals surface area contributed by atoms with Crippen molar-refractivity contribution in [1.82, 2.24) is 0 Å². The molecular formula is C49H87NO7. The van der Waals surface area contributed by atoms with E-state index in [1.807, 2.05) is 0 Å². The zero-order valence-corrected chi connectivity index (χ0v) is 37.5. The highest BCUT2D eigenvalue weighted by atomic mass is 16.6. The molecule has 0 aromatic heterocycles. The number of carboxylic acids is 1. The Morgan fingerprint density at radius 1 is 0.561 bits per heavy atom. The van der Waals surface area contributed by atoms with Gasteiger partial charge in [0.25, 0.3) is 0 Å². The molecule has 0 saturated heterocycles. The van der Waals surface area contributed by atoms with Gasteiger partial charge in [-0.15, -0.1) is 0 Å². The average molecular weight is 802 g/mol. The monoisotopic (exact) mass is 802 g/mol. The predicted molar refractivity (Wildman–Crippen MR) is 236 cm³/mol. The van der Waals surface area contributed by atoms with Crippen LogP contribution in [0.15, 0.2) is 48.6 Å². The van der Waals surface area contributed by atoms with Crippen molar-refractivity contribution in [3.63, 3.8) is 0 Å². The molecule has 0 rings (SSSR count). The minimum atomic E-state index is -1.13. The number of quaternary nitrogens is 1. The number of carbonyl (C=O) groups is 3. The molecular weight excluding hydrogens is 715 g/mol. The van der Waals surface area contributed by atoms with Crippen molar-refractivity contribution >= 4 is 17.9 Å². The molecule has 57 heavy (non-hydrogen) atoms. The second kappa shape index (κ2) is 40.1. The van der Waals surface area contributed by atoms with E-state index in [0.29, 0.717) is 12.8 Å². The van der Waals surface area contributed by atoms with Crippen LogP contribution in [0.5, 0.6) is 0 Å². The Labute approximate surface area is 350 Å². The lowest BCUT2D eigenvalue weighted by molar-refractivity contribution is -0.889. The van der Waals surface area contributed by atoms with Crippen LogP contribution < -0.4 is 5.11 Å². The SMILES string of the molecule is CC/C=C/C/C=C/CCCCCCCCCC(=O)OCC(COCCC(C(=O)[O-])[N+](C)(C)C)OC(=O)CCCCCCCCCCCC/C=C/C=C/CCCCC. The molecule has 0 fully saturated rings. The van der Waals surface area contributed by atoms with E-state index < -0.39 is 18.1 Å². The minimum Gasteiger partial charge on any atom is -0.544 e. The van der Waals surface area contributed by atoms with E-state index in [4.69, 9.17) is 14.2 Å². The Morgan fingerprint density at radius 2 is 1.04 bits per heavy atom. The molecule has 0 aliphatic rings. The molecule has 0 aliphatic carbocycles. The van der Waals surface area contributed by atoms with Gasteiger partial charge in [-0.05, 0) is 64.2 Å². The molecule has 0 bridgehead atoms. The van der Waals surface area contributed by atoms with Gasteiger partial charge in [0.05, 0.1) is 40.3 Å². The van der Waals surface area contributed by atoms with Crippen molar-refractivity contribution in [3.05, 3.63) is 48.6 Å². The largest absolute Gasteiger partial charge is 0.544 e. The number of allylic oxidation sites excluding steroid dienone is 8. The summed E-state index contributed by atoms with van der Waals surface area (Å²) in [6, 6.07) is -0.728. The van der Waals surface area contributed by atoms with Gasteiger partial charge in [-0.1, -0.05) is 159 Å². The lowest BCUT2D eigenvalue weighted by Gasteiger charge is -2.34. The van der Waals surface area contributed by atoms with Gasteiger partial charge in [0, 0.05) is 19.3 Å². The van der Waals surface area contributed by atoms with Crippen molar-refractivity contribution < 1.29 is 38.2 Å². The number of esters is 2. The fraction of sp³-hybridized carbons (Fsp3) is 0.776. The van der Waals surface area contributed by atoms with Gasteiger partial charge < -0.3 is 28.6 Å². The maximum absolute atomic E-state index is 12.7. The van der Waals surface area contributed by atoms with Gasteiger partial charge in [-0.2, -0.15) is 0 Å². The van der Waals surface area contributed by atoms with E-state index >= 15 is 0 Å². The van der Waals surface area contributed by atoms with Crippen LogP contribution in [-0.4, -0.2) is 75.5 Å². The van der Waals surface area contributed by atoms with Crippen LogP contribution >= 0.6 is 0 Å². The Hall–Kier alpha value is -2.71. The zero-order chi connectivity index (χ0) is 42.1. The smallest absolute Gasteiger partial charge is 0.306 e. The Balaban J connectivity index is 4.31. The van der Waals surface area contributed by atoms with Crippen LogP contribution in [0.4, 0.5) is 0 Å². The van der Waals surface area contributed by atoms with E-state index in [-0.39, 0.29) is 42.7 Å². The summed E-state index contributed by atoms with van der Waals surface area (Å²) in [7, 11) is 5.40. The number of hydrogen-bond acceptors (Lipinski definition) is 7. The summed E-state index contributed by atoms with van der Waals surface area (Å²) in [6.07, 6.45) is 47.0. The van der Waals surface area contributed by atoms with Gasteiger partial charge >= 0.3 is 11.9 Å². The molecule has 0 radical (unpaired) electrons. The van der Waals surface area contributed by atoms with Crippen LogP contribution in [0.25, 0.3) is 0 Å². The summed E-state index contributed by atoms with van der Waals surface area (Å²) in [5.74, 6) is -1.75. The summed E-state index contributed by atoms with van der Waals surface area (Å²) in [4.78, 5) is 36.9. The second-order valence-corrected chi connectivity index (χ2v) is 16.6. The molecule has 0 aliphatic heterocycles. The molecule has 2 atom stereocenters. The molecule has 330 valence electrons. The fourth-order valence-electron chi connectivity index (χ4n) is 6.63. The van der Waals surface area contributed by atoms with Gasteiger partial charge in [0.15, 0.2) is 6.10 Å². The van der Waals surface area contributed by atoms with Crippen molar-refractivity contribution in [3.8, 4) is 0 Å². The van der Waals surface area contributed by atoms with Crippen molar-refractivity contribution in [2.75, 3.05) is 41.0 Å². The van der Waals surface area contributed by atoms with Crippen molar-refractivity contribution in [1.29, 1.82) is 0 Å². The Kier molecular flexibility index (Phi) is 38.2. The standard InChI is InChI=1S/C49H87NO7/c1-6-8-10-12-14-16-18-20-22-23-24-25-26-28-30-32-34-36-38-40-48(52)57-45(43-55-42-41-46(49(53)54)50(3,4)5)44-56-47(51)39-37-35-33-31-29-27-21-19-17-15-13-11-9-7-2/h9,11,14-18,20,45-46H,6-8,10,12-13,19,21-44H2,1-5H3/b11-9+,16-14+,17-15+,20-18+. The highest BCUT2D eigenvalue weighted by Crippen LogP contribution is 2.15. The molecule has 0 saturated carbocycles. The highest BCUT2D eigenvalue weighted by Gasteiger charge is 2.25. The predicted octanol–water partition coefficient (Wildman–Crippen LogP) is 11.5. The van der Waals surface area contributed by atoms with Crippen LogP contribution in [0.1, 0.15) is 194 Å². The van der Waals surface area contributed by atoms with Crippen LogP contribution in [0, 0.1) is 0 Å². The number of nitrogens with zero attached hydrogens (tertiary/aromatic N) is 1. The van der Waals surface area contributed by atoms with Gasteiger partial charge in [-0.25, -0.2) is 0 Å². The number of carboxylic acid groups (broad SMARTS) is 1. The van der Waals surface area contributed by atoms with Gasteiger partial charge in [0.2, 0.25) is 0 Å². The average Bonchev–Trinajstić information content (AvgIpc) is 3.17. The zero-order valence-electron chi connectivity index (χ0n) is 37.5. The first kappa shape index (κ1) is 54.3. The van der Waals surface area contributed by atoms with E-state index in [0.717, 1.165) is 57.8 Å². The summed E-state index contributed by atoms with van der Waals surface area (Å²) in [6.45, 7) is 4.52. The number of carbonyl (C=O) groups excluding carboxylic acids is 3. The number of unbranched alkanes of at least 4 members (excludes halogenated alkanes) is 20. The highest BCUT2D eigenvalue weighted by molar-refractivity contribution is 5.70. The van der Waals surface area contributed by atoms with Crippen LogP contribution in [0.3, 0.4) is 0 Å². The normalized spacial score (nSPS) is 13.4. The lowest BCUT2D eigenvalue weighted by Crippen LogP contribution is -2.55. The van der Waals surface area contributed by atoms with Crippen LogP contribution in [0.2, 0.25) is 0 Å². The minimum absolute atomic E-state index is 0.0366. The maximum atomic E-state index is 12.7. The van der Waals surface area contributed by atoms with E-state index in [1.165, 1.54) is 103 Å². The third-order valence-corrected chi connectivity index (χ3v) is 10.2. The Bertz CT molecular complexity index is 1070. The first-order chi connectivity index (χ1) is 27.6. The topological polar surface area (TPSA) is 102 Å². The molecule has 0 aromatic carbocycles.